The van der Waals surface area contributed by atoms with Crippen LogP contribution >= 0.6 is 0 Å². The SMILES string of the molecule is CCNC(=O)COC(=O)CCOc1ccc(OC)cc1. The van der Waals surface area contributed by atoms with Crippen molar-refractivity contribution in [2.75, 3.05) is 26.9 Å². The minimum Gasteiger partial charge on any atom is -0.497 e. The average Bonchev–Trinajstić information content (AvgIpc) is 2.46. The van der Waals surface area contributed by atoms with E-state index in [1.54, 1.807) is 38.3 Å². The van der Waals surface area contributed by atoms with Crippen LogP contribution < -0.4 is 14.8 Å². The Morgan fingerprint density at radius 2 is 1.80 bits per heavy atom. The lowest BCUT2D eigenvalue weighted by molar-refractivity contribution is -0.149. The zero-order valence-corrected chi connectivity index (χ0v) is 11.7. The molecule has 6 heteroatoms. The second kappa shape index (κ2) is 8.79. The molecule has 1 amide bonds. The summed E-state index contributed by atoms with van der Waals surface area (Å²) < 4.78 is 15.2. The van der Waals surface area contributed by atoms with Crippen molar-refractivity contribution in [3.05, 3.63) is 24.3 Å². The highest BCUT2D eigenvalue weighted by atomic mass is 16.5. The first-order valence-corrected chi connectivity index (χ1v) is 6.35. The molecule has 0 heterocycles. The fraction of sp³-hybridized carbons (Fsp3) is 0.429. The minimum atomic E-state index is -0.468. The second-order valence-electron chi connectivity index (χ2n) is 3.89. The van der Waals surface area contributed by atoms with Crippen molar-refractivity contribution in [1.29, 1.82) is 0 Å². The molecule has 0 fully saturated rings. The van der Waals surface area contributed by atoms with Gasteiger partial charge < -0.3 is 19.5 Å². The molecule has 6 nitrogen and oxygen atoms in total. The van der Waals surface area contributed by atoms with Crippen LogP contribution in [0.3, 0.4) is 0 Å². The smallest absolute Gasteiger partial charge is 0.309 e. The van der Waals surface area contributed by atoms with E-state index in [1.807, 2.05) is 0 Å². The van der Waals surface area contributed by atoms with E-state index in [9.17, 15) is 9.59 Å². The summed E-state index contributed by atoms with van der Waals surface area (Å²) in [5.41, 5.74) is 0. The molecular weight excluding hydrogens is 262 g/mol. The molecule has 0 spiro atoms. The maximum atomic E-state index is 11.3. The lowest BCUT2D eigenvalue weighted by Crippen LogP contribution is -2.28. The van der Waals surface area contributed by atoms with Crippen LogP contribution in [0.2, 0.25) is 0 Å². The number of rotatable bonds is 8. The van der Waals surface area contributed by atoms with Crippen molar-refractivity contribution in [3.63, 3.8) is 0 Å². The third-order valence-electron chi connectivity index (χ3n) is 2.37. The highest BCUT2D eigenvalue weighted by Gasteiger charge is 2.07. The number of nitrogens with one attached hydrogen (secondary N) is 1. The van der Waals surface area contributed by atoms with Crippen LogP contribution in [0.25, 0.3) is 0 Å². The van der Waals surface area contributed by atoms with E-state index < -0.39 is 5.97 Å². The van der Waals surface area contributed by atoms with Crippen molar-refractivity contribution in [1.82, 2.24) is 5.32 Å². The lowest BCUT2D eigenvalue weighted by atomic mass is 10.3. The summed E-state index contributed by atoms with van der Waals surface area (Å²) in [5, 5.41) is 2.53. The molecule has 1 rings (SSSR count). The number of methoxy groups -OCH3 is 1. The first-order chi connectivity index (χ1) is 9.65. The third-order valence-corrected chi connectivity index (χ3v) is 2.37. The van der Waals surface area contributed by atoms with Crippen molar-refractivity contribution in [2.24, 2.45) is 0 Å². The lowest BCUT2D eigenvalue weighted by Gasteiger charge is -2.07. The summed E-state index contributed by atoms with van der Waals surface area (Å²) in [4.78, 5) is 22.4. The van der Waals surface area contributed by atoms with Gasteiger partial charge in [0.1, 0.15) is 11.5 Å². The number of esters is 1. The van der Waals surface area contributed by atoms with Gasteiger partial charge in [-0.3, -0.25) is 9.59 Å². The molecule has 0 aliphatic heterocycles. The van der Waals surface area contributed by atoms with E-state index in [4.69, 9.17) is 14.2 Å². The minimum absolute atomic E-state index is 0.0887. The summed E-state index contributed by atoms with van der Waals surface area (Å²) in [6.07, 6.45) is 0.0887. The Morgan fingerprint density at radius 1 is 1.15 bits per heavy atom. The monoisotopic (exact) mass is 281 g/mol. The number of carbonyl (C=O) groups excluding carboxylic acids is 2. The van der Waals surface area contributed by atoms with Gasteiger partial charge in [0.2, 0.25) is 0 Å². The molecule has 0 aromatic heterocycles. The van der Waals surface area contributed by atoms with E-state index >= 15 is 0 Å². The predicted octanol–water partition coefficient (Wildman–Crippen LogP) is 1.14. The van der Waals surface area contributed by atoms with Gasteiger partial charge in [0, 0.05) is 6.54 Å². The molecule has 110 valence electrons. The number of carbonyl (C=O) groups is 2. The van der Waals surface area contributed by atoms with Gasteiger partial charge in [0.25, 0.3) is 5.91 Å². The molecule has 1 aromatic rings. The first kappa shape index (κ1) is 15.8. The van der Waals surface area contributed by atoms with Gasteiger partial charge in [-0.05, 0) is 31.2 Å². The van der Waals surface area contributed by atoms with Gasteiger partial charge in [-0.15, -0.1) is 0 Å². The van der Waals surface area contributed by atoms with Crippen LogP contribution in [-0.4, -0.2) is 38.7 Å². The molecule has 0 atom stereocenters. The van der Waals surface area contributed by atoms with E-state index in [2.05, 4.69) is 5.32 Å². The fourth-order valence-electron chi connectivity index (χ4n) is 1.39. The van der Waals surface area contributed by atoms with Gasteiger partial charge >= 0.3 is 5.97 Å². The van der Waals surface area contributed by atoms with Crippen LogP contribution in [0.5, 0.6) is 11.5 Å². The fourth-order valence-corrected chi connectivity index (χ4v) is 1.39. The van der Waals surface area contributed by atoms with Gasteiger partial charge in [0.15, 0.2) is 6.61 Å². The van der Waals surface area contributed by atoms with Crippen LogP contribution in [0.1, 0.15) is 13.3 Å². The second-order valence-corrected chi connectivity index (χ2v) is 3.89. The van der Waals surface area contributed by atoms with Crippen LogP contribution in [0, 0.1) is 0 Å². The van der Waals surface area contributed by atoms with Gasteiger partial charge in [0.05, 0.1) is 20.1 Å². The maximum absolute atomic E-state index is 11.3. The van der Waals surface area contributed by atoms with Crippen LogP contribution in [0.15, 0.2) is 24.3 Å². The van der Waals surface area contributed by atoms with Gasteiger partial charge in [-0.2, -0.15) is 0 Å². The number of ether oxygens (including phenoxy) is 3. The zero-order valence-electron chi connectivity index (χ0n) is 11.7. The van der Waals surface area contributed by atoms with Crippen molar-refractivity contribution in [2.45, 2.75) is 13.3 Å². The normalized spacial score (nSPS) is 9.70. The summed E-state index contributed by atoms with van der Waals surface area (Å²) in [5.74, 6) is 0.600. The highest BCUT2D eigenvalue weighted by Crippen LogP contribution is 2.16. The summed E-state index contributed by atoms with van der Waals surface area (Å²) >= 11 is 0. The first-order valence-electron chi connectivity index (χ1n) is 6.35. The Hall–Kier alpha value is -2.24. The van der Waals surface area contributed by atoms with E-state index in [-0.39, 0.29) is 25.5 Å². The Labute approximate surface area is 118 Å². The number of amides is 1. The Balaban J connectivity index is 2.19. The number of likely N-dealkylation sites (N-methyl/N-ethyl adjacent to an activating group) is 1. The molecule has 0 saturated carbocycles. The molecule has 20 heavy (non-hydrogen) atoms. The number of hydrogen-bond acceptors (Lipinski definition) is 5. The molecule has 0 radical (unpaired) electrons. The van der Waals surface area contributed by atoms with Crippen LogP contribution in [-0.2, 0) is 14.3 Å². The standard InChI is InChI=1S/C14H19NO5/c1-3-15-13(16)10-20-14(17)8-9-19-12-6-4-11(18-2)5-7-12/h4-7H,3,8-10H2,1-2H3,(H,15,16). The largest absolute Gasteiger partial charge is 0.497 e. The number of benzene rings is 1. The van der Waals surface area contributed by atoms with Crippen molar-refractivity contribution in [3.8, 4) is 11.5 Å². The number of hydrogen-bond donors (Lipinski definition) is 1. The van der Waals surface area contributed by atoms with E-state index in [0.29, 0.717) is 12.3 Å². The summed E-state index contributed by atoms with van der Waals surface area (Å²) in [6.45, 7) is 2.25. The summed E-state index contributed by atoms with van der Waals surface area (Å²) in [6, 6.07) is 7.03. The van der Waals surface area contributed by atoms with E-state index in [1.165, 1.54) is 0 Å². The molecule has 0 saturated heterocycles. The topological polar surface area (TPSA) is 73.9 Å². The van der Waals surface area contributed by atoms with E-state index in [0.717, 1.165) is 5.75 Å². The quantitative estimate of drug-likeness (QED) is 0.723. The molecule has 0 bridgehead atoms. The molecule has 0 aliphatic rings. The van der Waals surface area contributed by atoms with Gasteiger partial charge in [-0.25, -0.2) is 0 Å². The summed E-state index contributed by atoms with van der Waals surface area (Å²) in [7, 11) is 1.58. The maximum Gasteiger partial charge on any atom is 0.309 e. The van der Waals surface area contributed by atoms with Crippen molar-refractivity contribution < 1.29 is 23.8 Å². The van der Waals surface area contributed by atoms with Crippen LogP contribution in [0.4, 0.5) is 0 Å². The predicted molar refractivity (Wildman–Crippen MR) is 72.7 cm³/mol. The molecular formula is C14H19NO5. The average molecular weight is 281 g/mol. The Morgan fingerprint density at radius 3 is 2.40 bits per heavy atom. The van der Waals surface area contributed by atoms with Gasteiger partial charge in [-0.1, -0.05) is 0 Å². The Kier molecular flexibility index (Phi) is 6.95. The molecule has 0 aliphatic carbocycles. The highest BCUT2D eigenvalue weighted by molar-refractivity contribution is 5.80. The van der Waals surface area contributed by atoms with Crippen molar-refractivity contribution >= 4 is 11.9 Å². The molecule has 1 N–H and O–H groups in total. The molecule has 0 unspecified atom stereocenters. The molecule has 1 aromatic carbocycles. The third kappa shape index (κ3) is 6.08. The zero-order chi connectivity index (χ0) is 14.8. The Bertz CT molecular complexity index is 430.